The lowest BCUT2D eigenvalue weighted by Gasteiger charge is -2.46. The van der Waals surface area contributed by atoms with Gasteiger partial charge in [-0.25, -0.2) is 0 Å². The summed E-state index contributed by atoms with van der Waals surface area (Å²) >= 11 is 0. The average molecular weight is 336 g/mol. The Labute approximate surface area is 141 Å². The first-order valence-corrected chi connectivity index (χ1v) is 8.30. The van der Waals surface area contributed by atoms with Gasteiger partial charge >= 0.3 is 0 Å². The van der Waals surface area contributed by atoms with E-state index in [1.807, 2.05) is 0 Å². The van der Waals surface area contributed by atoms with Crippen molar-refractivity contribution >= 4 is 5.91 Å². The maximum Gasteiger partial charge on any atom is 0.259 e. The van der Waals surface area contributed by atoms with Gasteiger partial charge in [0.1, 0.15) is 5.56 Å². The zero-order chi connectivity index (χ0) is 17.2. The Morgan fingerprint density at radius 1 is 1.33 bits per heavy atom. The number of ether oxygens (including phenoxy) is 3. The molecule has 0 radical (unpaired) electrons. The van der Waals surface area contributed by atoms with Crippen LogP contribution in [0.15, 0.2) is 12.1 Å². The van der Waals surface area contributed by atoms with E-state index in [0.717, 1.165) is 12.8 Å². The second-order valence-electron chi connectivity index (χ2n) is 6.27. The highest BCUT2D eigenvalue weighted by Gasteiger charge is 2.44. The maximum absolute atomic E-state index is 12.8. The van der Waals surface area contributed by atoms with Crippen LogP contribution in [0.25, 0.3) is 0 Å². The lowest BCUT2D eigenvalue weighted by Crippen LogP contribution is -2.56. The van der Waals surface area contributed by atoms with Gasteiger partial charge in [0, 0.05) is 25.8 Å². The van der Waals surface area contributed by atoms with Crippen molar-refractivity contribution in [3.05, 3.63) is 17.7 Å². The first kappa shape index (κ1) is 17.0. The van der Waals surface area contributed by atoms with Gasteiger partial charge < -0.3 is 24.2 Å². The molecule has 7 nitrogen and oxygen atoms in total. The first-order chi connectivity index (χ1) is 11.6. The van der Waals surface area contributed by atoms with Gasteiger partial charge in [-0.3, -0.25) is 4.79 Å². The van der Waals surface area contributed by atoms with Crippen molar-refractivity contribution in [2.24, 2.45) is 0 Å². The highest BCUT2D eigenvalue weighted by atomic mass is 16.5. The highest BCUT2D eigenvalue weighted by molar-refractivity contribution is 5.96. The molecule has 24 heavy (non-hydrogen) atoms. The number of hydrogen-bond acceptors (Lipinski definition) is 6. The Morgan fingerprint density at radius 3 is 2.71 bits per heavy atom. The molecule has 0 bridgehead atoms. The number of aliphatic hydroxyl groups excluding tert-OH is 1. The number of carbonyl (C=O) groups excluding carboxylic acids is 1. The van der Waals surface area contributed by atoms with Gasteiger partial charge in [-0.1, -0.05) is 0 Å². The Morgan fingerprint density at radius 2 is 2.08 bits per heavy atom. The molecule has 3 heterocycles. The molecule has 0 saturated carbocycles. The summed E-state index contributed by atoms with van der Waals surface area (Å²) in [6, 6.07) is 3.32. The van der Waals surface area contributed by atoms with Crippen LogP contribution in [0.5, 0.6) is 11.8 Å². The number of aliphatic hydroxyl groups is 1. The monoisotopic (exact) mass is 336 g/mol. The van der Waals surface area contributed by atoms with Crippen LogP contribution in [-0.2, 0) is 4.74 Å². The molecule has 132 valence electrons. The van der Waals surface area contributed by atoms with E-state index < -0.39 is 11.7 Å². The summed E-state index contributed by atoms with van der Waals surface area (Å²) in [6.45, 7) is 1.78. The maximum atomic E-state index is 12.8. The summed E-state index contributed by atoms with van der Waals surface area (Å²) in [5.74, 6) is 0.537. The minimum atomic E-state index is -0.489. The van der Waals surface area contributed by atoms with E-state index in [4.69, 9.17) is 14.2 Å². The van der Waals surface area contributed by atoms with Crippen molar-refractivity contribution in [3.8, 4) is 11.8 Å². The fourth-order valence-electron chi connectivity index (χ4n) is 3.50. The van der Waals surface area contributed by atoms with Gasteiger partial charge in [0.15, 0.2) is 0 Å². The largest absolute Gasteiger partial charge is 0.481 e. The summed E-state index contributed by atoms with van der Waals surface area (Å²) in [5.41, 5.74) is -0.0727. The number of nitrogens with zero attached hydrogens (tertiary/aromatic N) is 2. The summed E-state index contributed by atoms with van der Waals surface area (Å²) < 4.78 is 16.2. The highest BCUT2D eigenvalue weighted by Crippen LogP contribution is 2.36. The van der Waals surface area contributed by atoms with Crippen molar-refractivity contribution < 1.29 is 24.1 Å². The zero-order valence-electron chi connectivity index (χ0n) is 14.2. The average Bonchev–Trinajstić information content (AvgIpc) is 2.63. The van der Waals surface area contributed by atoms with Crippen LogP contribution in [-0.4, -0.2) is 66.5 Å². The van der Waals surface area contributed by atoms with Gasteiger partial charge in [-0.15, -0.1) is 0 Å². The number of likely N-dealkylation sites (tertiary alicyclic amines) is 1. The molecule has 1 N–H and O–H groups in total. The quantitative estimate of drug-likeness (QED) is 0.894. The van der Waals surface area contributed by atoms with Crippen molar-refractivity contribution in [1.82, 2.24) is 9.88 Å². The van der Waals surface area contributed by atoms with Crippen LogP contribution in [0.4, 0.5) is 0 Å². The van der Waals surface area contributed by atoms with Gasteiger partial charge in [-0.2, -0.15) is 4.98 Å². The van der Waals surface area contributed by atoms with E-state index in [1.165, 1.54) is 14.2 Å². The third-order valence-corrected chi connectivity index (χ3v) is 4.98. The van der Waals surface area contributed by atoms with E-state index in [0.29, 0.717) is 44.0 Å². The third kappa shape index (κ3) is 3.06. The van der Waals surface area contributed by atoms with E-state index >= 15 is 0 Å². The minimum Gasteiger partial charge on any atom is -0.481 e. The standard InChI is InChI=1S/C17H24N2O5/c1-22-14-6-5-12(15(18-14)23-2)16(21)19-9-7-17(8-10-19)13(20)4-3-11-24-17/h5-6,13,20H,3-4,7-11H2,1-2H3. The second kappa shape index (κ2) is 6.94. The van der Waals surface area contributed by atoms with Gasteiger partial charge in [0.25, 0.3) is 5.91 Å². The molecule has 2 aliphatic rings. The number of amides is 1. The molecule has 2 aliphatic heterocycles. The molecule has 7 heteroatoms. The molecule has 1 atom stereocenters. The molecule has 1 spiro atoms. The Kier molecular flexibility index (Phi) is 4.91. The van der Waals surface area contributed by atoms with Gasteiger partial charge in [-0.05, 0) is 31.7 Å². The number of aromatic nitrogens is 1. The number of hydrogen-bond donors (Lipinski definition) is 1. The van der Waals surface area contributed by atoms with Crippen LogP contribution in [0.1, 0.15) is 36.0 Å². The summed E-state index contributed by atoms with van der Waals surface area (Å²) in [5, 5.41) is 10.3. The number of pyridine rings is 1. The number of carbonyl (C=O) groups is 1. The van der Waals surface area contributed by atoms with E-state index in [-0.39, 0.29) is 11.8 Å². The van der Waals surface area contributed by atoms with Crippen LogP contribution in [0, 0.1) is 0 Å². The molecule has 2 saturated heterocycles. The summed E-state index contributed by atoms with van der Waals surface area (Å²) in [6.07, 6.45) is 2.50. The Balaban J connectivity index is 1.71. The van der Waals surface area contributed by atoms with Gasteiger partial charge in [0.05, 0.1) is 25.9 Å². The third-order valence-electron chi connectivity index (χ3n) is 4.98. The van der Waals surface area contributed by atoms with Gasteiger partial charge in [0.2, 0.25) is 11.8 Å². The SMILES string of the molecule is COc1ccc(C(=O)N2CCC3(CC2)OCCCC3O)c(OC)n1. The molecule has 1 amide bonds. The molecule has 1 aromatic heterocycles. The van der Waals surface area contributed by atoms with Crippen LogP contribution < -0.4 is 9.47 Å². The Hall–Kier alpha value is -1.86. The van der Waals surface area contributed by atoms with E-state index in [2.05, 4.69) is 4.98 Å². The first-order valence-electron chi connectivity index (χ1n) is 8.30. The molecular formula is C17H24N2O5. The molecule has 1 aromatic rings. The second-order valence-corrected chi connectivity index (χ2v) is 6.27. The van der Waals surface area contributed by atoms with Crippen LogP contribution in [0.2, 0.25) is 0 Å². The normalized spacial score (nSPS) is 23.1. The molecule has 2 fully saturated rings. The number of rotatable bonds is 3. The topological polar surface area (TPSA) is 81.1 Å². The summed E-state index contributed by atoms with van der Waals surface area (Å²) in [7, 11) is 3.00. The Bertz CT molecular complexity index is 599. The van der Waals surface area contributed by atoms with Crippen molar-refractivity contribution in [2.45, 2.75) is 37.4 Å². The van der Waals surface area contributed by atoms with Crippen LogP contribution in [0.3, 0.4) is 0 Å². The lowest BCUT2D eigenvalue weighted by molar-refractivity contribution is -0.174. The van der Waals surface area contributed by atoms with E-state index in [1.54, 1.807) is 17.0 Å². The van der Waals surface area contributed by atoms with E-state index in [9.17, 15) is 9.90 Å². The molecular weight excluding hydrogens is 312 g/mol. The number of methoxy groups -OCH3 is 2. The molecule has 0 aromatic carbocycles. The molecule has 0 aliphatic carbocycles. The molecule has 3 rings (SSSR count). The minimum absolute atomic E-state index is 0.123. The zero-order valence-corrected chi connectivity index (χ0v) is 14.2. The number of piperidine rings is 1. The van der Waals surface area contributed by atoms with Crippen molar-refractivity contribution in [1.29, 1.82) is 0 Å². The predicted octanol–water partition coefficient (Wildman–Crippen LogP) is 1.24. The summed E-state index contributed by atoms with van der Waals surface area (Å²) in [4.78, 5) is 18.7. The fraction of sp³-hybridized carbons (Fsp3) is 0.647. The van der Waals surface area contributed by atoms with Crippen molar-refractivity contribution in [3.63, 3.8) is 0 Å². The smallest absolute Gasteiger partial charge is 0.259 e. The van der Waals surface area contributed by atoms with Crippen molar-refractivity contribution in [2.75, 3.05) is 33.9 Å². The lowest BCUT2D eigenvalue weighted by atomic mass is 9.82. The van der Waals surface area contributed by atoms with Crippen LogP contribution >= 0.6 is 0 Å². The predicted molar refractivity (Wildman–Crippen MR) is 86.4 cm³/mol. The molecule has 1 unspecified atom stereocenters. The fourth-order valence-corrected chi connectivity index (χ4v) is 3.50.